The summed E-state index contributed by atoms with van der Waals surface area (Å²) < 4.78 is 0. The number of hydrogen-bond donors (Lipinski definition) is 1. The summed E-state index contributed by atoms with van der Waals surface area (Å²) in [4.78, 5) is 6.21. The number of benzene rings is 1. The number of rotatable bonds is 4. The van der Waals surface area contributed by atoms with Crippen LogP contribution in [0.1, 0.15) is 18.5 Å². The summed E-state index contributed by atoms with van der Waals surface area (Å²) in [6.07, 6.45) is 3.59. The highest BCUT2D eigenvalue weighted by Gasteiger charge is 2.12. The molecule has 0 aliphatic carbocycles. The monoisotopic (exact) mass is 309 g/mol. The van der Waals surface area contributed by atoms with Gasteiger partial charge in [-0.1, -0.05) is 29.3 Å². The number of nitrogens with zero attached hydrogens (tertiary/aromatic N) is 2. The van der Waals surface area contributed by atoms with Crippen LogP contribution in [0.15, 0.2) is 36.7 Å². The lowest BCUT2D eigenvalue weighted by Gasteiger charge is -2.22. The molecule has 1 aromatic carbocycles. The van der Waals surface area contributed by atoms with Gasteiger partial charge < -0.3 is 10.2 Å². The quantitative estimate of drug-likeness (QED) is 0.892. The normalized spacial score (nSPS) is 12.1. The van der Waals surface area contributed by atoms with Crippen LogP contribution in [0.4, 0.5) is 11.4 Å². The summed E-state index contributed by atoms with van der Waals surface area (Å²) in [5.74, 6) is 0. The topological polar surface area (TPSA) is 28.2 Å². The van der Waals surface area contributed by atoms with Gasteiger partial charge in [0.1, 0.15) is 0 Å². The number of halogens is 2. The van der Waals surface area contributed by atoms with E-state index in [1.54, 1.807) is 12.3 Å². The summed E-state index contributed by atoms with van der Waals surface area (Å²) in [5, 5.41) is 4.74. The molecular weight excluding hydrogens is 293 g/mol. The molecule has 20 heavy (non-hydrogen) atoms. The maximum atomic E-state index is 6.24. The van der Waals surface area contributed by atoms with Gasteiger partial charge in [0.25, 0.3) is 0 Å². The Labute approximate surface area is 129 Å². The maximum Gasteiger partial charge on any atom is 0.0768 e. The van der Waals surface area contributed by atoms with Gasteiger partial charge in [0.15, 0.2) is 0 Å². The average Bonchev–Trinajstić information content (AvgIpc) is 2.38. The van der Waals surface area contributed by atoms with Crippen molar-refractivity contribution in [2.24, 2.45) is 0 Å². The fourth-order valence-corrected chi connectivity index (χ4v) is 2.62. The number of anilines is 2. The molecule has 1 heterocycles. The summed E-state index contributed by atoms with van der Waals surface area (Å²) >= 11 is 12.2. The summed E-state index contributed by atoms with van der Waals surface area (Å²) in [5.41, 5.74) is 3.05. The minimum absolute atomic E-state index is 0.0580. The molecule has 0 aliphatic heterocycles. The van der Waals surface area contributed by atoms with Gasteiger partial charge in [-0.2, -0.15) is 0 Å². The number of hydrogen-bond acceptors (Lipinski definition) is 3. The molecule has 2 rings (SSSR count). The molecular formula is C15H17Cl2N3. The Morgan fingerprint density at radius 2 is 1.95 bits per heavy atom. The van der Waals surface area contributed by atoms with Crippen molar-refractivity contribution in [3.8, 4) is 0 Å². The molecule has 0 fully saturated rings. The molecule has 1 atom stereocenters. The van der Waals surface area contributed by atoms with Gasteiger partial charge in [0.2, 0.25) is 0 Å². The first-order chi connectivity index (χ1) is 9.49. The highest BCUT2D eigenvalue weighted by molar-refractivity contribution is 6.35. The zero-order chi connectivity index (χ0) is 14.7. The third-order valence-corrected chi connectivity index (χ3v) is 3.64. The Morgan fingerprint density at radius 1 is 1.20 bits per heavy atom. The van der Waals surface area contributed by atoms with Crippen molar-refractivity contribution in [3.63, 3.8) is 0 Å². The Morgan fingerprint density at radius 3 is 2.60 bits per heavy atom. The predicted octanol–water partition coefficient (Wildman–Crippen LogP) is 4.63. The van der Waals surface area contributed by atoms with Crippen molar-refractivity contribution < 1.29 is 0 Å². The van der Waals surface area contributed by atoms with Gasteiger partial charge in [-0.3, -0.25) is 4.98 Å². The molecule has 2 aromatic rings. The van der Waals surface area contributed by atoms with Gasteiger partial charge in [0, 0.05) is 30.3 Å². The molecule has 0 saturated carbocycles. The molecule has 0 radical (unpaired) electrons. The highest BCUT2D eigenvalue weighted by atomic mass is 35.5. The average molecular weight is 310 g/mol. The first kappa shape index (κ1) is 14.9. The van der Waals surface area contributed by atoms with Crippen molar-refractivity contribution in [1.29, 1.82) is 0 Å². The van der Waals surface area contributed by atoms with E-state index in [0.717, 1.165) is 16.9 Å². The second-order valence-electron chi connectivity index (χ2n) is 4.82. The van der Waals surface area contributed by atoms with Crippen molar-refractivity contribution in [2.75, 3.05) is 24.3 Å². The first-order valence-corrected chi connectivity index (χ1v) is 7.07. The van der Waals surface area contributed by atoms with Gasteiger partial charge in [-0.15, -0.1) is 0 Å². The minimum Gasteiger partial charge on any atom is -0.376 e. The van der Waals surface area contributed by atoms with Crippen molar-refractivity contribution in [2.45, 2.75) is 13.0 Å². The fourth-order valence-electron chi connectivity index (χ4n) is 2.05. The number of pyridine rings is 1. The Balaban J connectivity index is 2.26. The lowest BCUT2D eigenvalue weighted by Crippen LogP contribution is -2.14. The third kappa shape index (κ3) is 3.35. The van der Waals surface area contributed by atoms with E-state index in [1.807, 2.05) is 43.4 Å². The molecule has 0 aliphatic rings. The second-order valence-corrected chi connectivity index (χ2v) is 5.66. The summed E-state index contributed by atoms with van der Waals surface area (Å²) in [6, 6.07) is 7.57. The predicted molar refractivity (Wildman–Crippen MR) is 87.1 cm³/mol. The van der Waals surface area contributed by atoms with Crippen LogP contribution in [0.25, 0.3) is 0 Å². The van der Waals surface area contributed by atoms with Gasteiger partial charge in [-0.25, -0.2) is 0 Å². The smallest absolute Gasteiger partial charge is 0.0768 e. The Bertz CT molecular complexity index is 599. The summed E-state index contributed by atoms with van der Waals surface area (Å²) in [6.45, 7) is 2.06. The minimum atomic E-state index is 0.0580. The largest absolute Gasteiger partial charge is 0.376 e. The molecule has 1 N–H and O–H groups in total. The van der Waals surface area contributed by atoms with Crippen molar-refractivity contribution in [3.05, 3.63) is 52.3 Å². The lowest BCUT2D eigenvalue weighted by atomic mass is 10.1. The van der Waals surface area contributed by atoms with Crippen molar-refractivity contribution in [1.82, 2.24) is 4.98 Å². The van der Waals surface area contributed by atoms with E-state index >= 15 is 0 Å². The van der Waals surface area contributed by atoms with Crippen LogP contribution in [-0.2, 0) is 0 Å². The number of aromatic nitrogens is 1. The molecule has 106 valence electrons. The van der Waals surface area contributed by atoms with Crippen LogP contribution in [0, 0.1) is 0 Å². The molecule has 1 unspecified atom stereocenters. The van der Waals surface area contributed by atoms with Gasteiger partial charge in [0.05, 0.1) is 23.6 Å². The molecule has 0 bridgehead atoms. The third-order valence-electron chi connectivity index (χ3n) is 3.08. The van der Waals surface area contributed by atoms with E-state index in [0.29, 0.717) is 10.0 Å². The Hall–Kier alpha value is -1.45. The van der Waals surface area contributed by atoms with E-state index in [2.05, 4.69) is 17.2 Å². The summed E-state index contributed by atoms with van der Waals surface area (Å²) in [7, 11) is 4.00. The van der Waals surface area contributed by atoms with E-state index < -0.39 is 0 Å². The highest BCUT2D eigenvalue weighted by Crippen LogP contribution is 2.31. The van der Waals surface area contributed by atoms with E-state index in [1.165, 1.54) is 0 Å². The molecule has 5 heteroatoms. The Kier molecular flexibility index (Phi) is 4.73. The van der Waals surface area contributed by atoms with Crippen LogP contribution in [0.3, 0.4) is 0 Å². The standard InChI is InChI=1S/C15H17Cl2N3/c1-10(12-5-4-11(16)8-13(12)17)19-14-9-18-7-6-15(14)20(2)3/h4-10,19H,1-3H3. The first-order valence-electron chi connectivity index (χ1n) is 6.32. The molecule has 0 amide bonds. The van der Waals surface area contributed by atoms with Crippen molar-refractivity contribution >= 4 is 34.6 Å². The molecule has 1 aromatic heterocycles. The van der Waals surface area contributed by atoms with Gasteiger partial charge >= 0.3 is 0 Å². The maximum absolute atomic E-state index is 6.24. The number of nitrogens with one attached hydrogen (secondary N) is 1. The van der Waals surface area contributed by atoms with E-state index in [-0.39, 0.29) is 6.04 Å². The fraction of sp³-hybridized carbons (Fsp3) is 0.267. The van der Waals surface area contributed by atoms with E-state index in [9.17, 15) is 0 Å². The molecule has 0 saturated heterocycles. The molecule has 0 spiro atoms. The zero-order valence-electron chi connectivity index (χ0n) is 11.7. The van der Waals surface area contributed by atoms with E-state index in [4.69, 9.17) is 23.2 Å². The van der Waals surface area contributed by atoms with Gasteiger partial charge in [-0.05, 0) is 30.7 Å². The van der Waals surface area contributed by atoms with Crippen LogP contribution < -0.4 is 10.2 Å². The molecule has 3 nitrogen and oxygen atoms in total. The van der Waals surface area contributed by atoms with Crippen LogP contribution in [0.5, 0.6) is 0 Å². The zero-order valence-corrected chi connectivity index (χ0v) is 13.2. The lowest BCUT2D eigenvalue weighted by molar-refractivity contribution is 0.881. The van der Waals surface area contributed by atoms with Crippen LogP contribution in [0.2, 0.25) is 10.0 Å². The SMILES string of the molecule is CC(Nc1cnccc1N(C)C)c1ccc(Cl)cc1Cl. The van der Waals surface area contributed by atoms with Crippen LogP contribution >= 0.6 is 23.2 Å². The second kappa shape index (κ2) is 6.33. The van der Waals surface area contributed by atoms with Crippen LogP contribution in [-0.4, -0.2) is 19.1 Å².